The van der Waals surface area contributed by atoms with E-state index in [-0.39, 0.29) is 24.1 Å². The van der Waals surface area contributed by atoms with Gasteiger partial charge in [0.2, 0.25) is 5.91 Å². The van der Waals surface area contributed by atoms with Crippen molar-refractivity contribution in [1.29, 1.82) is 0 Å². The molecule has 8 nitrogen and oxygen atoms in total. The molecular formula is C22H21BrClN5O3S. The van der Waals surface area contributed by atoms with Crippen molar-refractivity contribution in [2.45, 2.75) is 18.2 Å². The van der Waals surface area contributed by atoms with Crippen molar-refractivity contribution >= 4 is 56.8 Å². The first-order chi connectivity index (χ1) is 15.9. The van der Waals surface area contributed by atoms with E-state index >= 15 is 0 Å². The van der Waals surface area contributed by atoms with Gasteiger partial charge in [0.15, 0.2) is 11.0 Å². The van der Waals surface area contributed by atoms with Crippen LogP contribution in [-0.2, 0) is 17.9 Å². The summed E-state index contributed by atoms with van der Waals surface area (Å²) in [6.45, 7) is 4.38. The van der Waals surface area contributed by atoms with E-state index in [1.807, 2.05) is 0 Å². The van der Waals surface area contributed by atoms with Crippen molar-refractivity contribution in [2.24, 2.45) is 0 Å². The Hall–Kier alpha value is -2.82. The van der Waals surface area contributed by atoms with Crippen molar-refractivity contribution in [1.82, 2.24) is 20.1 Å². The average Bonchev–Trinajstić information content (AvgIpc) is 3.20. The Labute approximate surface area is 208 Å². The molecule has 2 amide bonds. The highest BCUT2D eigenvalue weighted by atomic mass is 79.9. The molecule has 0 spiro atoms. The van der Waals surface area contributed by atoms with Crippen LogP contribution < -0.4 is 15.4 Å². The monoisotopic (exact) mass is 549 g/mol. The van der Waals surface area contributed by atoms with Crippen LogP contribution in [0.2, 0.25) is 5.02 Å². The van der Waals surface area contributed by atoms with Crippen molar-refractivity contribution < 1.29 is 14.3 Å². The van der Waals surface area contributed by atoms with Gasteiger partial charge in [-0.15, -0.1) is 16.8 Å². The lowest BCUT2D eigenvalue weighted by molar-refractivity contribution is -0.113. The smallest absolute Gasteiger partial charge is 0.251 e. The Morgan fingerprint density at radius 2 is 2.00 bits per heavy atom. The van der Waals surface area contributed by atoms with Crippen LogP contribution in [0.1, 0.15) is 16.2 Å². The summed E-state index contributed by atoms with van der Waals surface area (Å²) >= 11 is 10.6. The number of allylic oxidation sites excluding steroid dienone is 1. The van der Waals surface area contributed by atoms with E-state index in [0.29, 0.717) is 39.5 Å². The molecule has 172 valence electrons. The highest BCUT2D eigenvalue weighted by Gasteiger charge is 2.15. The summed E-state index contributed by atoms with van der Waals surface area (Å²) in [5.74, 6) is 0.903. The zero-order valence-electron chi connectivity index (χ0n) is 17.7. The molecule has 1 aromatic heterocycles. The minimum atomic E-state index is -0.243. The summed E-state index contributed by atoms with van der Waals surface area (Å²) in [5.41, 5.74) is 1.10. The molecule has 0 bridgehead atoms. The number of anilines is 1. The van der Waals surface area contributed by atoms with E-state index in [9.17, 15) is 9.59 Å². The van der Waals surface area contributed by atoms with Crippen molar-refractivity contribution in [3.63, 3.8) is 0 Å². The zero-order valence-corrected chi connectivity index (χ0v) is 20.8. The summed E-state index contributed by atoms with van der Waals surface area (Å²) in [4.78, 5) is 24.8. The molecule has 0 saturated heterocycles. The van der Waals surface area contributed by atoms with Crippen LogP contribution in [0.25, 0.3) is 0 Å². The lowest BCUT2D eigenvalue weighted by Gasteiger charge is -2.09. The third kappa shape index (κ3) is 6.83. The zero-order chi connectivity index (χ0) is 23.8. The third-order valence-electron chi connectivity index (χ3n) is 4.40. The second kappa shape index (κ2) is 11.9. The van der Waals surface area contributed by atoms with Gasteiger partial charge in [-0.1, -0.05) is 29.4 Å². The minimum Gasteiger partial charge on any atom is -0.497 e. The van der Waals surface area contributed by atoms with Crippen molar-refractivity contribution in [3.8, 4) is 5.75 Å². The van der Waals surface area contributed by atoms with E-state index in [1.165, 1.54) is 11.8 Å². The van der Waals surface area contributed by atoms with Crippen LogP contribution in [0.3, 0.4) is 0 Å². The summed E-state index contributed by atoms with van der Waals surface area (Å²) in [6.07, 6.45) is 1.70. The second-order valence-corrected chi connectivity index (χ2v) is 8.88. The summed E-state index contributed by atoms with van der Waals surface area (Å²) in [6, 6.07) is 12.0. The highest BCUT2D eigenvalue weighted by molar-refractivity contribution is 9.10. The number of halogens is 2. The van der Waals surface area contributed by atoms with Gasteiger partial charge in [-0.3, -0.25) is 9.59 Å². The fourth-order valence-corrected chi connectivity index (χ4v) is 3.97. The number of thioether (sulfide) groups is 1. The van der Waals surface area contributed by atoms with E-state index in [0.717, 1.165) is 4.47 Å². The van der Waals surface area contributed by atoms with Crippen molar-refractivity contribution in [3.05, 3.63) is 76.0 Å². The first-order valence-corrected chi connectivity index (χ1v) is 11.9. The number of ether oxygens (including phenoxy) is 1. The summed E-state index contributed by atoms with van der Waals surface area (Å²) < 4.78 is 7.66. The maximum Gasteiger partial charge on any atom is 0.251 e. The number of aromatic nitrogens is 3. The molecule has 3 aromatic rings. The summed E-state index contributed by atoms with van der Waals surface area (Å²) in [5, 5.41) is 15.0. The van der Waals surface area contributed by atoms with Crippen LogP contribution >= 0.6 is 39.3 Å². The van der Waals surface area contributed by atoms with Gasteiger partial charge >= 0.3 is 0 Å². The Kier molecular flexibility index (Phi) is 8.93. The maximum absolute atomic E-state index is 12.4. The number of nitrogens with one attached hydrogen (secondary N) is 2. The number of methoxy groups -OCH3 is 1. The molecule has 0 aliphatic rings. The molecule has 11 heteroatoms. The molecule has 0 radical (unpaired) electrons. The number of benzene rings is 2. The Morgan fingerprint density at radius 1 is 1.24 bits per heavy atom. The van der Waals surface area contributed by atoms with Crippen LogP contribution in [0, 0.1) is 0 Å². The Morgan fingerprint density at radius 3 is 2.67 bits per heavy atom. The molecule has 2 N–H and O–H groups in total. The van der Waals surface area contributed by atoms with Crippen LogP contribution in [0.15, 0.2) is 64.7 Å². The fraction of sp³-hybridized carbons (Fsp3) is 0.182. The van der Waals surface area contributed by atoms with E-state index in [1.54, 1.807) is 60.2 Å². The van der Waals surface area contributed by atoms with Gasteiger partial charge in [0, 0.05) is 22.3 Å². The molecule has 0 aliphatic carbocycles. The van der Waals surface area contributed by atoms with Gasteiger partial charge in [-0.25, -0.2) is 0 Å². The first kappa shape index (κ1) is 24.8. The number of carbonyl (C=O) groups is 2. The topological polar surface area (TPSA) is 98.1 Å². The number of hydrogen-bond donors (Lipinski definition) is 2. The van der Waals surface area contributed by atoms with Crippen LogP contribution in [0.4, 0.5) is 5.69 Å². The maximum atomic E-state index is 12.4. The highest BCUT2D eigenvalue weighted by Crippen LogP contribution is 2.26. The molecule has 1 heterocycles. The number of nitrogens with zero attached hydrogens (tertiary/aromatic N) is 3. The second-order valence-electron chi connectivity index (χ2n) is 6.68. The van der Waals surface area contributed by atoms with Gasteiger partial charge in [-0.05, 0) is 58.4 Å². The molecule has 0 fully saturated rings. The largest absolute Gasteiger partial charge is 0.497 e. The van der Waals surface area contributed by atoms with Gasteiger partial charge in [0.1, 0.15) is 5.75 Å². The Bertz CT molecular complexity index is 1150. The first-order valence-electron chi connectivity index (χ1n) is 9.74. The molecule has 2 aromatic carbocycles. The van der Waals surface area contributed by atoms with Gasteiger partial charge < -0.3 is 19.9 Å². The van der Waals surface area contributed by atoms with Gasteiger partial charge in [-0.2, -0.15) is 0 Å². The van der Waals surface area contributed by atoms with Gasteiger partial charge in [0.05, 0.1) is 24.4 Å². The van der Waals surface area contributed by atoms with E-state index in [4.69, 9.17) is 16.3 Å². The number of rotatable bonds is 10. The van der Waals surface area contributed by atoms with E-state index in [2.05, 4.69) is 43.3 Å². The molecule has 0 unspecified atom stereocenters. The molecule has 0 saturated carbocycles. The van der Waals surface area contributed by atoms with Crippen LogP contribution in [-0.4, -0.2) is 39.4 Å². The summed E-state index contributed by atoms with van der Waals surface area (Å²) in [7, 11) is 1.57. The molecule has 3 rings (SSSR count). The number of amides is 2. The predicted octanol–water partition coefficient (Wildman–Crippen LogP) is 4.55. The predicted molar refractivity (Wildman–Crippen MR) is 133 cm³/mol. The van der Waals surface area contributed by atoms with Gasteiger partial charge in [0.25, 0.3) is 5.91 Å². The SMILES string of the molecule is C=CCn1c(CNC(=O)c2ccc(OC)cc2)nnc1SCC(=O)Nc1ccc(Br)c(Cl)c1. The van der Waals surface area contributed by atoms with E-state index < -0.39 is 0 Å². The lowest BCUT2D eigenvalue weighted by Crippen LogP contribution is -2.24. The molecule has 33 heavy (non-hydrogen) atoms. The number of hydrogen-bond acceptors (Lipinski definition) is 6. The normalized spacial score (nSPS) is 10.5. The third-order valence-corrected chi connectivity index (χ3v) is 6.60. The minimum absolute atomic E-state index is 0.126. The molecule has 0 atom stereocenters. The Balaban J connectivity index is 1.59. The van der Waals surface area contributed by atoms with Crippen LogP contribution in [0.5, 0.6) is 5.75 Å². The molecule has 0 aliphatic heterocycles. The standard InChI is InChI=1S/C22H21BrClN5O3S/c1-3-10-29-19(12-25-21(31)14-4-7-16(32-2)8-5-14)27-28-22(29)33-13-20(30)26-15-6-9-17(23)18(24)11-15/h3-9,11H,1,10,12-13H2,2H3,(H,25,31)(H,26,30). The molecular weight excluding hydrogens is 530 g/mol. The van der Waals surface area contributed by atoms with Crippen molar-refractivity contribution in [2.75, 3.05) is 18.2 Å². The quantitative estimate of drug-likeness (QED) is 0.284. The fourth-order valence-electron chi connectivity index (χ4n) is 2.77. The lowest BCUT2D eigenvalue weighted by atomic mass is 10.2. The average molecular weight is 551 g/mol. The number of carbonyl (C=O) groups excluding carboxylic acids is 2.